The van der Waals surface area contributed by atoms with Crippen LogP contribution in [0.4, 0.5) is 13.2 Å². The van der Waals surface area contributed by atoms with Crippen molar-refractivity contribution in [1.82, 2.24) is 10.2 Å². The second-order valence-corrected chi connectivity index (χ2v) is 14.3. The first kappa shape index (κ1) is 33.4. The van der Waals surface area contributed by atoms with Crippen LogP contribution in [0.25, 0.3) is 10.1 Å². The van der Waals surface area contributed by atoms with Gasteiger partial charge in [0.25, 0.3) is 0 Å². The first-order valence-electron chi connectivity index (χ1n) is 12.9. The number of rotatable bonds is 8. The number of carboxylic acid groups (broad SMARTS) is 1. The Balaban J connectivity index is 0.000000566. The fraction of sp³-hybridized carbons (Fsp3) is 0.250. The number of alkyl halides is 3. The van der Waals surface area contributed by atoms with E-state index in [9.17, 15) is 26.4 Å². The van der Waals surface area contributed by atoms with Crippen LogP contribution in [0.15, 0.2) is 63.0 Å². The van der Waals surface area contributed by atoms with Crippen molar-refractivity contribution in [2.75, 3.05) is 6.54 Å². The molecule has 1 unspecified atom stereocenters. The summed E-state index contributed by atoms with van der Waals surface area (Å²) in [6.45, 7) is 2.79. The fourth-order valence-electron chi connectivity index (χ4n) is 4.56. The van der Waals surface area contributed by atoms with E-state index in [-0.39, 0.29) is 16.6 Å². The molecule has 234 valence electrons. The number of nitrogen functional groups attached to an aromatic ring is 1. The van der Waals surface area contributed by atoms with Crippen LogP contribution in [0, 0.1) is 12.3 Å². The van der Waals surface area contributed by atoms with Gasteiger partial charge in [-0.2, -0.15) is 13.2 Å². The van der Waals surface area contributed by atoms with E-state index in [2.05, 4.69) is 5.32 Å². The van der Waals surface area contributed by atoms with Crippen molar-refractivity contribution in [2.45, 2.75) is 47.8 Å². The first-order chi connectivity index (χ1) is 20.6. The van der Waals surface area contributed by atoms with Crippen molar-refractivity contribution < 1.29 is 36.3 Å². The molecule has 5 rings (SSSR count). The molecule has 0 spiro atoms. The Kier molecular flexibility index (Phi) is 10.0. The Bertz CT molecular complexity index is 1840. The molecule has 1 aliphatic rings. The van der Waals surface area contributed by atoms with Crippen LogP contribution in [0.2, 0.25) is 5.02 Å². The second kappa shape index (κ2) is 13.2. The zero-order valence-electron chi connectivity index (χ0n) is 22.9. The maximum Gasteiger partial charge on any atom is 0.490 e. The van der Waals surface area contributed by atoms with Crippen LogP contribution in [0.1, 0.15) is 40.6 Å². The van der Waals surface area contributed by atoms with Crippen LogP contribution in [-0.2, 0) is 26.0 Å². The van der Waals surface area contributed by atoms with Crippen molar-refractivity contribution in [3.8, 4) is 0 Å². The molecule has 4 aromatic rings. The maximum atomic E-state index is 13.6. The highest BCUT2D eigenvalue weighted by Gasteiger charge is 2.38. The number of hydrogen-bond donors (Lipinski definition) is 4. The van der Waals surface area contributed by atoms with Gasteiger partial charge in [0.15, 0.2) is 0 Å². The summed E-state index contributed by atoms with van der Waals surface area (Å²) in [7, 11) is -3.74. The Labute approximate surface area is 263 Å². The first-order valence-corrected chi connectivity index (χ1v) is 16.4. The maximum absolute atomic E-state index is 13.6. The monoisotopic (exact) mass is 686 g/mol. The Morgan fingerprint density at radius 3 is 2.52 bits per heavy atom. The number of carbonyl (C=O) groups is 2. The number of fused-ring (bicyclic) bond motifs is 1. The van der Waals surface area contributed by atoms with E-state index < -0.39 is 28.1 Å². The van der Waals surface area contributed by atoms with E-state index in [0.29, 0.717) is 39.2 Å². The molecule has 9 nitrogen and oxygen atoms in total. The fourth-order valence-corrected chi connectivity index (χ4v) is 8.73. The summed E-state index contributed by atoms with van der Waals surface area (Å²) in [4.78, 5) is 24.1. The zero-order valence-corrected chi connectivity index (χ0v) is 26.1. The Hall–Kier alpha value is -3.50. The van der Waals surface area contributed by atoms with E-state index in [4.69, 9.17) is 32.6 Å². The van der Waals surface area contributed by atoms with Gasteiger partial charge in [0, 0.05) is 34.8 Å². The van der Waals surface area contributed by atoms with Gasteiger partial charge in [0.2, 0.25) is 15.7 Å². The molecule has 5 N–H and O–H groups in total. The number of carbonyl (C=O) groups excluding carboxylic acids is 1. The zero-order chi connectivity index (χ0) is 32.4. The van der Waals surface area contributed by atoms with Crippen molar-refractivity contribution in [3.05, 3.63) is 80.5 Å². The average molecular weight is 687 g/mol. The van der Waals surface area contributed by atoms with E-state index in [0.717, 1.165) is 27.6 Å². The lowest BCUT2D eigenvalue weighted by atomic mass is 10.2. The number of likely N-dealkylation sites (tertiary alicyclic amines) is 1. The molecule has 3 heterocycles. The van der Waals surface area contributed by atoms with Gasteiger partial charge in [-0.15, -0.1) is 22.7 Å². The number of nitrogens with zero attached hydrogens (tertiary/aromatic N) is 1. The molecule has 16 heteroatoms. The Morgan fingerprint density at radius 2 is 1.93 bits per heavy atom. The molecular formula is C28H26ClF3N4O5S3. The molecule has 1 saturated heterocycles. The summed E-state index contributed by atoms with van der Waals surface area (Å²) < 4.78 is 60.1. The summed E-state index contributed by atoms with van der Waals surface area (Å²) >= 11 is 8.74. The van der Waals surface area contributed by atoms with Gasteiger partial charge in [-0.05, 0) is 71.6 Å². The predicted molar refractivity (Wildman–Crippen MR) is 163 cm³/mol. The number of hydrogen-bond acceptors (Lipinski definition) is 8. The largest absolute Gasteiger partial charge is 0.490 e. The number of aryl methyl sites for hydroxylation is 1. The minimum Gasteiger partial charge on any atom is -0.475 e. The second-order valence-electron chi connectivity index (χ2n) is 9.74. The van der Waals surface area contributed by atoms with Gasteiger partial charge >= 0.3 is 12.1 Å². The molecule has 1 fully saturated rings. The lowest BCUT2D eigenvalue weighted by Crippen LogP contribution is -2.38. The summed E-state index contributed by atoms with van der Waals surface area (Å²) in [5.74, 6) is -2.71. The molecule has 0 saturated carbocycles. The normalized spacial score (nSPS) is 14.4. The summed E-state index contributed by atoms with van der Waals surface area (Å²) in [5, 5.41) is 21.6. The third-order valence-corrected chi connectivity index (χ3v) is 11.5. The van der Waals surface area contributed by atoms with Crippen LogP contribution >= 0.6 is 34.3 Å². The van der Waals surface area contributed by atoms with Crippen LogP contribution in [0.3, 0.4) is 0 Å². The molecule has 0 aliphatic carbocycles. The summed E-state index contributed by atoms with van der Waals surface area (Å²) in [6.07, 6.45) is -4.20. The number of carboxylic acids is 1. The summed E-state index contributed by atoms with van der Waals surface area (Å²) in [5.41, 5.74) is 7.98. The van der Waals surface area contributed by atoms with Crippen molar-refractivity contribution in [2.24, 2.45) is 5.73 Å². The highest BCUT2D eigenvalue weighted by molar-refractivity contribution is 7.93. The highest BCUT2D eigenvalue weighted by atomic mass is 35.5. The standard InChI is InChI=1S/C26H25ClN4O3S3.C2HF3O2/c1-15-20-12-18(27)7-8-21(20)36-26(15)37(33,34)19-5-2-4-16(10-19)13-30-25(31-9-3-6-23(31)32)17-11-22(24(28)29)35-14-17;3-2(4,5)1(6)7/h2,4-5,7-8,10-12,14,25,30H,3,6,9,13H2,1H3,(H3,28,29);(H,6,7). The molecule has 0 radical (unpaired) electrons. The van der Waals surface area contributed by atoms with E-state index in [1.807, 2.05) is 23.6 Å². The number of sulfone groups is 1. The van der Waals surface area contributed by atoms with Gasteiger partial charge in [-0.1, -0.05) is 23.7 Å². The lowest BCUT2D eigenvalue weighted by Gasteiger charge is -2.28. The smallest absolute Gasteiger partial charge is 0.475 e. The molecule has 0 bridgehead atoms. The molecule has 2 aromatic heterocycles. The van der Waals surface area contributed by atoms with Crippen LogP contribution in [-0.4, -0.2) is 48.9 Å². The predicted octanol–water partition coefficient (Wildman–Crippen LogP) is 6.09. The number of benzene rings is 2. The van der Waals surface area contributed by atoms with Crippen molar-refractivity contribution in [3.63, 3.8) is 0 Å². The average Bonchev–Trinajstić information content (AvgIpc) is 3.69. The number of nitrogens with one attached hydrogen (secondary N) is 2. The number of thiophene rings is 2. The number of amidine groups is 1. The van der Waals surface area contributed by atoms with Gasteiger partial charge in [0.1, 0.15) is 16.2 Å². The third kappa shape index (κ3) is 7.41. The molecule has 1 atom stereocenters. The van der Waals surface area contributed by atoms with Crippen molar-refractivity contribution >= 4 is 71.9 Å². The van der Waals surface area contributed by atoms with Crippen molar-refractivity contribution in [1.29, 1.82) is 5.41 Å². The molecule has 2 aromatic carbocycles. The molecule has 1 aliphatic heterocycles. The molecule has 1 amide bonds. The minimum atomic E-state index is -5.08. The molecular weight excluding hydrogens is 661 g/mol. The summed E-state index contributed by atoms with van der Waals surface area (Å²) in [6, 6.07) is 14.1. The Morgan fingerprint density at radius 1 is 1.23 bits per heavy atom. The quantitative estimate of drug-likeness (QED) is 0.129. The number of halogens is 4. The highest BCUT2D eigenvalue weighted by Crippen LogP contribution is 2.38. The number of amides is 1. The topological polar surface area (TPSA) is 154 Å². The third-order valence-electron chi connectivity index (χ3n) is 6.67. The van der Waals surface area contributed by atoms with Gasteiger partial charge in [-0.3, -0.25) is 15.5 Å². The van der Waals surface area contributed by atoms with Crippen LogP contribution in [0.5, 0.6) is 0 Å². The van der Waals surface area contributed by atoms with Gasteiger partial charge in [-0.25, -0.2) is 13.2 Å². The van der Waals surface area contributed by atoms with E-state index in [1.165, 1.54) is 22.7 Å². The molecule has 44 heavy (non-hydrogen) atoms. The number of aliphatic carboxylic acids is 1. The van der Waals surface area contributed by atoms with E-state index >= 15 is 0 Å². The minimum absolute atomic E-state index is 0.0144. The van der Waals surface area contributed by atoms with E-state index in [1.54, 1.807) is 42.2 Å². The van der Waals surface area contributed by atoms with Gasteiger partial charge in [0.05, 0.1) is 9.77 Å². The lowest BCUT2D eigenvalue weighted by molar-refractivity contribution is -0.192. The number of nitrogens with two attached hydrogens (primary N) is 1. The SMILES string of the molecule is Cc1c(S(=O)(=O)c2cccc(CNC(c3csc(C(=N)N)c3)N3CCCC3=O)c2)sc2ccc(Cl)cc12.O=C(O)C(F)(F)F. The van der Waals surface area contributed by atoms with Crippen LogP contribution < -0.4 is 11.1 Å². The van der Waals surface area contributed by atoms with Gasteiger partial charge < -0.3 is 15.7 Å².